The molecule has 1 N–H and O–H groups in total. The fourth-order valence-corrected chi connectivity index (χ4v) is 5.62. The van der Waals surface area contributed by atoms with Crippen LogP contribution in [0.25, 0.3) is 5.76 Å². The lowest BCUT2D eigenvalue weighted by molar-refractivity contribution is -0.384. The Hall–Kier alpha value is -3.68. The summed E-state index contributed by atoms with van der Waals surface area (Å²) in [5.74, 6) is -1.10. The van der Waals surface area contributed by atoms with Gasteiger partial charge in [-0.05, 0) is 48.4 Å². The van der Waals surface area contributed by atoms with Crippen LogP contribution in [-0.4, -0.2) is 40.3 Å². The molecular formula is C34H46N2O6. The smallest absolute Gasteiger partial charge is 0.295 e. The molecule has 42 heavy (non-hydrogen) atoms. The molecular weight excluding hydrogens is 532 g/mol. The molecule has 1 unspecified atom stereocenters. The minimum absolute atomic E-state index is 0.00983. The van der Waals surface area contributed by atoms with Gasteiger partial charge in [0, 0.05) is 24.2 Å². The second-order valence-corrected chi connectivity index (χ2v) is 11.2. The first kappa shape index (κ1) is 32.8. The first-order valence-corrected chi connectivity index (χ1v) is 15.6. The number of ketones is 1. The van der Waals surface area contributed by atoms with E-state index in [1.54, 1.807) is 36.4 Å². The first-order valence-electron chi connectivity index (χ1n) is 15.6. The summed E-state index contributed by atoms with van der Waals surface area (Å²) in [7, 11) is 1.53. The topological polar surface area (TPSA) is 110 Å². The van der Waals surface area contributed by atoms with E-state index in [-0.39, 0.29) is 17.0 Å². The Bertz CT molecular complexity index is 1190. The highest BCUT2D eigenvalue weighted by atomic mass is 16.6. The summed E-state index contributed by atoms with van der Waals surface area (Å²) in [5, 5.41) is 22.4. The fourth-order valence-electron chi connectivity index (χ4n) is 5.62. The Morgan fingerprint density at radius 3 is 1.79 bits per heavy atom. The number of hydrogen-bond donors (Lipinski definition) is 1. The van der Waals surface area contributed by atoms with Gasteiger partial charge >= 0.3 is 0 Å². The average Bonchev–Trinajstić information content (AvgIpc) is 3.26. The maximum atomic E-state index is 13.2. The molecule has 1 atom stereocenters. The number of likely N-dealkylation sites (tertiary alicyclic amines) is 1. The minimum Gasteiger partial charge on any atom is -0.507 e. The molecule has 3 rings (SSSR count). The number of hydrogen-bond acceptors (Lipinski definition) is 6. The minimum atomic E-state index is -0.824. The fraction of sp³-hybridized carbons (Fsp3) is 0.529. The number of benzene rings is 2. The molecule has 1 aliphatic rings. The molecule has 228 valence electrons. The Labute approximate surface area is 249 Å². The number of non-ortho nitro benzene ring substituents is 1. The molecule has 8 nitrogen and oxygen atoms in total. The Balaban J connectivity index is 1.59. The largest absolute Gasteiger partial charge is 0.507 e. The highest BCUT2D eigenvalue weighted by molar-refractivity contribution is 6.46. The Kier molecular flexibility index (Phi) is 13.5. The molecule has 2 aromatic rings. The lowest BCUT2D eigenvalue weighted by atomic mass is 9.95. The van der Waals surface area contributed by atoms with Crippen molar-refractivity contribution in [2.24, 2.45) is 0 Å². The zero-order valence-corrected chi connectivity index (χ0v) is 25.2. The Morgan fingerprint density at radius 1 is 0.810 bits per heavy atom. The van der Waals surface area contributed by atoms with Crippen molar-refractivity contribution in [3.63, 3.8) is 0 Å². The van der Waals surface area contributed by atoms with Gasteiger partial charge in [-0.3, -0.25) is 19.7 Å². The normalized spacial score (nSPS) is 16.2. The van der Waals surface area contributed by atoms with Crippen molar-refractivity contribution in [3.05, 3.63) is 75.3 Å². The number of nitro benzene ring substituents is 1. The summed E-state index contributed by atoms with van der Waals surface area (Å²) in [6.45, 7) is 2.61. The van der Waals surface area contributed by atoms with Crippen molar-refractivity contribution in [1.29, 1.82) is 0 Å². The summed E-state index contributed by atoms with van der Waals surface area (Å²) in [6.07, 6.45) is 17.0. The van der Waals surface area contributed by atoms with E-state index in [4.69, 9.17) is 4.74 Å². The molecule has 0 aromatic heterocycles. The molecule has 2 aromatic carbocycles. The number of nitrogens with zero attached hydrogens (tertiary/aromatic N) is 2. The zero-order valence-electron chi connectivity index (χ0n) is 25.2. The third kappa shape index (κ3) is 9.16. The van der Waals surface area contributed by atoms with Gasteiger partial charge in [0.1, 0.15) is 11.5 Å². The molecule has 1 saturated heterocycles. The number of aliphatic hydroxyl groups is 1. The van der Waals surface area contributed by atoms with Crippen LogP contribution in [-0.2, 0) is 9.59 Å². The second kappa shape index (κ2) is 17.3. The number of nitro groups is 1. The van der Waals surface area contributed by atoms with E-state index in [2.05, 4.69) is 6.92 Å². The van der Waals surface area contributed by atoms with Crippen LogP contribution in [0.5, 0.6) is 5.75 Å². The van der Waals surface area contributed by atoms with Crippen LogP contribution < -0.4 is 4.74 Å². The molecule has 8 heteroatoms. The number of Topliss-reactive ketones (excluding diaryl/α,β-unsaturated/α-hetero) is 1. The van der Waals surface area contributed by atoms with Crippen molar-refractivity contribution in [3.8, 4) is 5.75 Å². The van der Waals surface area contributed by atoms with E-state index in [9.17, 15) is 24.8 Å². The number of amides is 1. The van der Waals surface area contributed by atoms with Gasteiger partial charge in [0.05, 0.1) is 23.6 Å². The van der Waals surface area contributed by atoms with Gasteiger partial charge in [0.2, 0.25) is 0 Å². The third-order valence-electron chi connectivity index (χ3n) is 8.08. The molecule has 0 spiro atoms. The molecule has 0 aliphatic carbocycles. The van der Waals surface area contributed by atoms with E-state index in [0.717, 1.165) is 25.7 Å². The quantitative estimate of drug-likeness (QED) is 0.0447. The SMILES string of the molecule is CCCCCCCCCCCCCCCCN1C(=O)C(=O)C(=C(O)c2ccc(OC)cc2)C1c1ccc([N+](=O)[O-])cc1. The van der Waals surface area contributed by atoms with Gasteiger partial charge in [-0.15, -0.1) is 0 Å². The molecule has 1 fully saturated rings. The van der Waals surface area contributed by atoms with Gasteiger partial charge in [-0.25, -0.2) is 0 Å². The molecule has 0 radical (unpaired) electrons. The van der Waals surface area contributed by atoms with Crippen LogP contribution in [0.15, 0.2) is 54.1 Å². The lowest BCUT2D eigenvalue weighted by Gasteiger charge is -2.25. The van der Waals surface area contributed by atoms with Gasteiger partial charge < -0.3 is 14.7 Å². The van der Waals surface area contributed by atoms with Gasteiger partial charge in [-0.2, -0.15) is 0 Å². The van der Waals surface area contributed by atoms with Crippen LogP contribution in [0.2, 0.25) is 0 Å². The highest BCUT2D eigenvalue weighted by Gasteiger charge is 2.45. The predicted octanol–water partition coefficient (Wildman–Crippen LogP) is 8.51. The van der Waals surface area contributed by atoms with Crippen LogP contribution in [0.4, 0.5) is 5.69 Å². The van der Waals surface area contributed by atoms with Crippen molar-refractivity contribution < 1.29 is 24.4 Å². The molecule has 1 heterocycles. The zero-order chi connectivity index (χ0) is 30.3. The monoisotopic (exact) mass is 578 g/mol. The average molecular weight is 579 g/mol. The number of ether oxygens (including phenoxy) is 1. The predicted molar refractivity (Wildman–Crippen MR) is 165 cm³/mol. The number of carbonyl (C=O) groups excluding carboxylic acids is 2. The van der Waals surface area contributed by atoms with Gasteiger partial charge in [-0.1, -0.05) is 90.4 Å². The van der Waals surface area contributed by atoms with Crippen molar-refractivity contribution in [1.82, 2.24) is 4.90 Å². The van der Waals surface area contributed by atoms with Crippen LogP contribution in [0.3, 0.4) is 0 Å². The number of methoxy groups -OCH3 is 1. The van der Waals surface area contributed by atoms with E-state index in [1.165, 1.54) is 88.4 Å². The summed E-state index contributed by atoms with van der Waals surface area (Å²) in [5.41, 5.74) is 0.833. The number of aliphatic hydroxyl groups excluding tert-OH is 1. The first-order chi connectivity index (χ1) is 20.4. The van der Waals surface area contributed by atoms with Crippen LogP contribution in [0.1, 0.15) is 114 Å². The van der Waals surface area contributed by atoms with Crippen molar-refractivity contribution >= 4 is 23.1 Å². The van der Waals surface area contributed by atoms with E-state index in [0.29, 0.717) is 23.4 Å². The van der Waals surface area contributed by atoms with Crippen molar-refractivity contribution in [2.75, 3.05) is 13.7 Å². The van der Waals surface area contributed by atoms with Crippen LogP contribution in [0, 0.1) is 10.1 Å². The second-order valence-electron chi connectivity index (χ2n) is 11.2. The molecule has 0 saturated carbocycles. The van der Waals surface area contributed by atoms with E-state index >= 15 is 0 Å². The lowest BCUT2D eigenvalue weighted by Crippen LogP contribution is -2.30. The number of carbonyl (C=O) groups is 2. The molecule has 1 amide bonds. The number of unbranched alkanes of at least 4 members (excludes halogenated alkanes) is 13. The summed E-state index contributed by atoms with van der Waals surface area (Å²) in [4.78, 5) is 38.6. The summed E-state index contributed by atoms with van der Waals surface area (Å²) >= 11 is 0. The Morgan fingerprint density at radius 2 is 1.31 bits per heavy atom. The molecule has 1 aliphatic heterocycles. The highest BCUT2D eigenvalue weighted by Crippen LogP contribution is 2.40. The van der Waals surface area contributed by atoms with Crippen molar-refractivity contribution in [2.45, 2.75) is 103 Å². The van der Waals surface area contributed by atoms with E-state index < -0.39 is 22.7 Å². The summed E-state index contributed by atoms with van der Waals surface area (Å²) < 4.78 is 5.18. The van der Waals surface area contributed by atoms with Crippen LogP contribution >= 0.6 is 0 Å². The maximum absolute atomic E-state index is 13.2. The van der Waals surface area contributed by atoms with E-state index in [1.807, 2.05) is 0 Å². The maximum Gasteiger partial charge on any atom is 0.295 e. The number of rotatable bonds is 19. The standard InChI is InChI=1S/C34H46N2O6/c1-3-4-5-6-7-8-9-10-11-12-13-14-15-16-25-35-31(26-17-21-28(22-18-26)36(40)41)30(33(38)34(35)39)32(37)27-19-23-29(42-2)24-20-27/h17-24,31,37H,3-16,25H2,1-2H3. The summed E-state index contributed by atoms with van der Waals surface area (Å²) in [6, 6.07) is 11.6. The van der Waals surface area contributed by atoms with Gasteiger partial charge in [0.25, 0.3) is 17.4 Å². The third-order valence-corrected chi connectivity index (χ3v) is 8.08. The van der Waals surface area contributed by atoms with Gasteiger partial charge in [0.15, 0.2) is 0 Å². The molecule has 0 bridgehead atoms.